The van der Waals surface area contributed by atoms with Gasteiger partial charge in [0.05, 0.1) is 38.2 Å². The molecule has 0 aliphatic heterocycles. The van der Waals surface area contributed by atoms with Gasteiger partial charge >= 0.3 is 5.97 Å². The molecule has 0 fully saturated rings. The number of thiophene rings is 1. The first-order valence-corrected chi connectivity index (χ1v) is 16.2. The van der Waals surface area contributed by atoms with Gasteiger partial charge in [0.15, 0.2) is 22.5 Å². The number of benzene rings is 1. The highest BCUT2D eigenvalue weighted by Crippen LogP contribution is 2.39. The molecule has 2 aromatic heterocycles. The average molecular weight is 630 g/mol. The number of aryl methyl sites for hydroxylation is 1. The van der Waals surface area contributed by atoms with E-state index in [-0.39, 0.29) is 25.0 Å². The van der Waals surface area contributed by atoms with Gasteiger partial charge in [-0.2, -0.15) is 0 Å². The Morgan fingerprint density at radius 2 is 1.86 bits per heavy atom. The highest BCUT2D eigenvalue weighted by atomic mass is 32.2. The van der Waals surface area contributed by atoms with Crippen LogP contribution in [0.3, 0.4) is 0 Å². The summed E-state index contributed by atoms with van der Waals surface area (Å²) in [5.41, 5.74) is 1.92. The molecule has 2 N–H and O–H groups in total. The Labute approximate surface area is 260 Å². The van der Waals surface area contributed by atoms with Gasteiger partial charge in [-0.15, -0.1) is 21.5 Å². The number of carbonyl (C=O) groups excluding carboxylic acids is 3. The topological polar surface area (TPSA) is 134 Å². The number of amides is 2. The quantitative estimate of drug-likeness (QED) is 0.181. The van der Waals surface area contributed by atoms with E-state index in [1.165, 1.54) is 37.3 Å². The standard InChI is InChI=1S/C30H39N5O6S2/c1-6-8-15-35-24(17-31-27(37)19-13-14-21(39-4)22(16-19)40-5)33-34-30(35)42-18(3)26(36)32-28-25(29(38)41-7-2)20-11-9-10-12-23(20)43-28/h13-14,16,18H,6-12,15,17H2,1-5H3,(H,31,37)(H,32,36)/t18-/m1/s1. The molecule has 1 aromatic carbocycles. The number of aromatic nitrogens is 3. The van der Waals surface area contributed by atoms with Crippen molar-refractivity contribution < 1.29 is 28.6 Å². The fraction of sp³-hybridized carbons (Fsp3) is 0.500. The molecule has 0 unspecified atom stereocenters. The Morgan fingerprint density at radius 1 is 1.09 bits per heavy atom. The maximum Gasteiger partial charge on any atom is 0.341 e. The summed E-state index contributed by atoms with van der Waals surface area (Å²) in [6.07, 6.45) is 5.63. The molecule has 3 aromatic rings. The van der Waals surface area contributed by atoms with Crippen LogP contribution in [0.5, 0.6) is 11.5 Å². The van der Waals surface area contributed by atoms with Crippen LogP contribution in [0.4, 0.5) is 5.00 Å². The molecule has 2 heterocycles. The Kier molecular flexibility index (Phi) is 11.5. The number of fused-ring (bicyclic) bond motifs is 1. The van der Waals surface area contributed by atoms with E-state index in [1.807, 2.05) is 4.57 Å². The minimum absolute atomic E-state index is 0.161. The Hall–Kier alpha value is -3.58. The summed E-state index contributed by atoms with van der Waals surface area (Å²) >= 11 is 2.76. The van der Waals surface area contributed by atoms with E-state index >= 15 is 0 Å². The van der Waals surface area contributed by atoms with Crippen LogP contribution in [-0.4, -0.2) is 58.6 Å². The fourth-order valence-electron chi connectivity index (χ4n) is 4.81. The second-order valence-corrected chi connectivity index (χ2v) is 12.5. The number of rotatable bonds is 14. The minimum Gasteiger partial charge on any atom is -0.493 e. The van der Waals surface area contributed by atoms with Gasteiger partial charge in [0.1, 0.15) is 5.00 Å². The monoisotopic (exact) mass is 629 g/mol. The summed E-state index contributed by atoms with van der Waals surface area (Å²) in [7, 11) is 3.06. The number of ether oxygens (including phenoxy) is 3. The number of nitrogens with zero attached hydrogens (tertiary/aromatic N) is 3. The lowest BCUT2D eigenvalue weighted by Crippen LogP contribution is -2.25. The molecule has 43 heavy (non-hydrogen) atoms. The van der Waals surface area contributed by atoms with Crippen LogP contribution < -0.4 is 20.1 Å². The van der Waals surface area contributed by atoms with Gasteiger partial charge < -0.3 is 29.4 Å². The molecule has 0 saturated carbocycles. The summed E-state index contributed by atoms with van der Waals surface area (Å²) in [6, 6.07) is 4.96. The molecule has 0 spiro atoms. The number of unbranched alkanes of at least 4 members (excludes halogenated alkanes) is 1. The Morgan fingerprint density at radius 3 is 2.58 bits per heavy atom. The highest BCUT2D eigenvalue weighted by molar-refractivity contribution is 8.00. The van der Waals surface area contributed by atoms with E-state index in [0.29, 0.717) is 45.2 Å². The minimum atomic E-state index is -0.520. The third-order valence-corrected chi connectivity index (χ3v) is 9.41. The summed E-state index contributed by atoms with van der Waals surface area (Å²) in [4.78, 5) is 40.2. The summed E-state index contributed by atoms with van der Waals surface area (Å²) in [6.45, 7) is 6.75. The van der Waals surface area contributed by atoms with E-state index in [1.54, 1.807) is 32.0 Å². The molecule has 4 rings (SSSR count). The number of hydrogen-bond acceptors (Lipinski definition) is 10. The molecular weight excluding hydrogens is 590 g/mol. The fourth-order valence-corrected chi connectivity index (χ4v) is 6.99. The molecule has 13 heteroatoms. The van der Waals surface area contributed by atoms with Crippen LogP contribution in [0.2, 0.25) is 0 Å². The lowest BCUT2D eigenvalue weighted by molar-refractivity contribution is -0.115. The Bertz CT molecular complexity index is 1450. The van der Waals surface area contributed by atoms with Crippen molar-refractivity contribution in [2.75, 3.05) is 26.1 Å². The van der Waals surface area contributed by atoms with Crippen molar-refractivity contribution in [1.82, 2.24) is 20.1 Å². The molecule has 2 amide bonds. The van der Waals surface area contributed by atoms with E-state index < -0.39 is 11.2 Å². The van der Waals surface area contributed by atoms with Gasteiger partial charge in [-0.25, -0.2) is 4.79 Å². The molecule has 232 valence electrons. The lowest BCUT2D eigenvalue weighted by Gasteiger charge is -2.15. The van der Waals surface area contributed by atoms with Gasteiger partial charge in [-0.1, -0.05) is 25.1 Å². The predicted molar refractivity (Wildman–Crippen MR) is 167 cm³/mol. The van der Waals surface area contributed by atoms with Crippen molar-refractivity contribution in [3.63, 3.8) is 0 Å². The first-order chi connectivity index (χ1) is 20.8. The molecule has 11 nitrogen and oxygen atoms in total. The van der Waals surface area contributed by atoms with Crippen molar-refractivity contribution in [2.45, 2.75) is 82.8 Å². The zero-order chi connectivity index (χ0) is 30.9. The van der Waals surface area contributed by atoms with Crippen molar-refractivity contribution in [3.05, 3.63) is 45.6 Å². The highest BCUT2D eigenvalue weighted by Gasteiger charge is 2.29. The average Bonchev–Trinajstić information content (AvgIpc) is 3.58. The first-order valence-electron chi connectivity index (χ1n) is 14.5. The number of nitrogens with one attached hydrogen (secondary N) is 2. The van der Waals surface area contributed by atoms with Crippen LogP contribution in [0, 0.1) is 0 Å². The zero-order valence-corrected chi connectivity index (χ0v) is 26.9. The van der Waals surface area contributed by atoms with Crippen molar-refractivity contribution >= 4 is 45.9 Å². The molecule has 1 atom stereocenters. The van der Waals surface area contributed by atoms with Crippen LogP contribution in [0.15, 0.2) is 23.4 Å². The normalized spacial score (nSPS) is 13.1. The van der Waals surface area contributed by atoms with E-state index in [2.05, 4.69) is 27.8 Å². The van der Waals surface area contributed by atoms with Gasteiger partial charge in [-0.05, 0) is 69.7 Å². The molecule has 1 aliphatic carbocycles. The second kappa shape index (κ2) is 15.2. The number of hydrogen-bond donors (Lipinski definition) is 2. The zero-order valence-electron chi connectivity index (χ0n) is 25.3. The van der Waals surface area contributed by atoms with Gasteiger partial charge in [0, 0.05) is 17.0 Å². The third-order valence-electron chi connectivity index (χ3n) is 7.12. The third kappa shape index (κ3) is 7.69. The summed E-state index contributed by atoms with van der Waals surface area (Å²) in [5, 5.41) is 15.2. The van der Waals surface area contributed by atoms with Crippen LogP contribution in [0.1, 0.15) is 83.4 Å². The van der Waals surface area contributed by atoms with Gasteiger partial charge in [0.25, 0.3) is 5.91 Å². The second-order valence-electron chi connectivity index (χ2n) is 10.0. The number of thioether (sulfide) groups is 1. The van der Waals surface area contributed by atoms with Crippen LogP contribution >= 0.6 is 23.1 Å². The van der Waals surface area contributed by atoms with Crippen LogP contribution in [0.25, 0.3) is 0 Å². The maximum atomic E-state index is 13.4. The molecular formula is C30H39N5O6S2. The summed E-state index contributed by atoms with van der Waals surface area (Å²) in [5.74, 6) is 0.675. The first kappa shape index (κ1) is 32.3. The molecule has 1 aliphatic rings. The molecule has 0 bridgehead atoms. The SMILES string of the molecule is CCCCn1c(CNC(=O)c2ccc(OC)c(OC)c2)nnc1S[C@H](C)C(=O)Nc1sc2c(c1C(=O)OCC)CCCC2. The molecule has 0 saturated heterocycles. The van der Waals surface area contributed by atoms with Gasteiger partial charge in [0.2, 0.25) is 5.91 Å². The molecule has 0 radical (unpaired) electrons. The van der Waals surface area contributed by atoms with E-state index in [0.717, 1.165) is 49.0 Å². The largest absolute Gasteiger partial charge is 0.493 e. The number of methoxy groups -OCH3 is 2. The summed E-state index contributed by atoms with van der Waals surface area (Å²) < 4.78 is 17.8. The number of esters is 1. The van der Waals surface area contributed by atoms with E-state index in [4.69, 9.17) is 14.2 Å². The van der Waals surface area contributed by atoms with E-state index in [9.17, 15) is 14.4 Å². The van der Waals surface area contributed by atoms with Crippen molar-refractivity contribution in [2.24, 2.45) is 0 Å². The van der Waals surface area contributed by atoms with Crippen molar-refractivity contribution in [3.8, 4) is 11.5 Å². The van der Waals surface area contributed by atoms with Crippen LogP contribution in [-0.2, 0) is 35.5 Å². The number of carbonyl (C=O) groups is 3. The predicted octanol–water partition coefficient (Wildman–Crippen LogP) is 5.26. The smallest absolute Gasteiger partial charge is 0.341 e. The lowest BCUT2D eigenvalue weighted by atomic mass is 9.95. The Balaban J connectivity index is 1.46. The van der Waals surface area contributed by atoms with Crippen molar-refractivity contribution in [1.29, 1.82) is 0 Å². The number of anilines is 1. The van der Waals surface area contributed by atoms with Gasteiger partial charge in [-0.3, -0.25) is 9.59 Å². The maximum absolute atomic E-state index is 13.4.